The van der Waals surface area contributed by atoms with Gasteiger partial charge < -0.3 is 15.0 Å². The van der Waals surface area contributed by atoms with Gasteiger partial charge in [0, 0.05) is 18.8 Å². The first kappa shape index (κ1) is 16.8. The van der Waals surface area contributed by atoms with Gasteiger partial charge in [-0.05, 0) is 30.0 Å². The molecule has 1 amide bonds. The van der Waals surface area contributed by atoms with Crippen LogP contribution in [0.2, 0.25) is 0 Å². The molecular weight excluding hydrogens is 322 g/mol. The minimum Gasteiger partial charge on any atom is -0.378 e. The van der Waals surface area contributed by atoms with Gasteiger partial charge in [-0.2, -0.15) is 0 Å². The number of morpholine rings is 1. The first-order valence-corrected chi connectivity index (χ1v) is 9.08. The smallest absolute Gasteiger partial charge is 0.257 e. The fourth-order valence-corrected chi connectivity index (χ4v) is 3.22. The molecule has 1 aromatic heterocycles. The number of thioether (sulfide) groups is 1. The van der Waals surface area contributed by atoms with Gasteiger partial charge in [-0.1, -0.05) is 19.1 Å². The number of benzene rings is 1. The Morgan fingerprint density at radius 1 is 1.25 bits per heavy atom. The van der Waals surface area contributed by atoms with Crippen molar-refractivity contribution in [1.29, 1.82) is 0 Å². The molecule has 1 saturated heterocycles. The highest BCUT2D eigenvalue weighted by Gasteiger charge is 2.18. The summed E-state index contributed by atoms with van der Waals surface area (Å²) in [6, 6.07) is 11.5. The molecule has 1 aromatic carbocycles. The zero-order chi connectivity index (χ0) is 16.8. The molecule has 1 aliphatic heterocycles. The van der Waals surface area contributed by atoms with Gasteiger partial charge in [0.05, 0.1) is 35.7 Å². The Hall–Kier alpha value is -2.05. The number of hydrogen-bond donors (Lipinski definition) is 1. The van der Waals surface area contributed by atoms with E-state index >= 15 is 0 Å². The third-order valence-electron chi connectivity index (χ3n) is 3.79. The van der Waals surface area contributed by atoms with Gasteiger partial charge in [-0.25, -0.2) is 4.98 Å². The Balaban J connectivity index is 1.75. The second-order valence-electron chi connectivity index (χ2n) is 5.39. The molecule has 24 heavy (non-hydrogen) atoms. The molecule has 0 bridgehead atoms. The van der Waals surface area contributed by atoms with Crippen LogP contribution < -0.4 is 10.2 Å². The van der Waals surface area contributed by atoms with Crippen molar-refractivity contribution < 1.29 is 9.53 Å². The summed E-state index contributed by atoms with van der Waals surface area (Å²) < 4.78 is 5.40. The number of anilines is 2. The van der Waals surface area contributed by atoms with E-state index < -0.39 is 0 Å². The molecule has 6 heteroatoms. The summed E-state index contributed by atoms with van der Waals surface area (Å²) in [6.45, 7) is 5.07. The predicted octanol–water partition coefficient (Wildman–Crippen LogP) is 3.28. The molecule has 2 heterocycles. The van der Waals surface area contributed by atoms with E-state index in [2.05, 4.69) is 22.1 Å². The van der Waals surface area contributed by atoms with Crippen molar-refractivity contribution in [2.24, 2.45) is 0 Å². The molecule has 0 atom stereocenters. The number of nitrogens with zero attached hydrogens (tertiary/aromatic N) is 2. The summed E-state index contributed by atoms with van der Waals surface area (Å²) in [5.74, 6) is 0.862. The lowest BCUT2D eigenvalue weighted by atomic mass is 10.1. The number of ether oxygens (including phenoxy) is 1. The Bertz CT molecular complexity index is 685. The van der Waals surface area contributed by atoms with Crippen molar-refractivity contribution in [2.75, 3.05) is 42.3 Å². The van der Waals surface area contributed by atoms with Gasteiger partial charge in [0.1, 0.15) is 0 Å². The van der Waals surface area contributed by atoms with E-state index in [4.69, 9.17) is 4.74 Å². The highest BCUT2D eigenvalue weighted by Crippen LogP contribution is 2.23. The van der Waals surface area contributed by atoms with Crippen LogP contribution in [0.25, 0.3) is 0 Å². The number of nitrogens with one attached hydrogen (secondary N) is 1. The molecular formula is C18H21N3O2S. The predicted molar refractivity (Wildman–Crippen MR) is 98.1 cm³/mol. The van der Waals surface area contributed by atoms with Crippen LogP contribution in [0.4, 0.5) is 11.4 Å². The van der Waals surface area contributed by atoms with Crippen molar-refractivity contribution in [1.82, 2.24) is 4.98 Å². The largest absolute Gasteiger partial charge is 0.378 e. The van der Waals surface area contributed by atoms with E-state index in [9.17, 15) is 4.79 Å². The Kier molecular flexibility index (Phi) is 5.72. The van der Waals surface area contributed by atoms with Crippen LogP contribution in [-0.4, -0.2) is 42.9 Å². The van der Waals surface area contributed by atoms with E-state index in [0.29, 0.717) is 24.5 Å². The van der Waals surface area contributed by atoms with Gasteiger partial charge in [-0.15, -0.1) is 11.8 Å². The highest BCUT2D eigenvalue weighted by atomic mass is 32.2. The zero-order valence-electron chi connectivity index (χ0n) is 13.7. The van der Waals surface area contributed by atoms with Crippen LogP contribution >= 0.6 is 11.8 Å². The van der Waals surface area contributed by atoms with Gasteiger partial charge in [-0.3, -0.25) is 4.79 Å². The molecule has 0 spiro atoms. The maximum atomic E-state index is 12.7. The fraction of sp³-hybridized carbons (Fsp3) is 0.333. The molecule has 1 fully saturated rings. The lowest BCUT2D eigenvalue weighted by molar-refractivity contribution is 0.102. The minimum atomic E-state index is -0.116. The van der Waals surface area contributed by atoms with Crippen LogP contribution in [0.1, 0.15) is 17.3 Å². The third-order valence-corrected chi connectivity index (χ3v) is 4.61. The van der Waals surface area contributed by atoms with E-state index in [1.165, 1.54) is 0 Å². The number of amides is 1. The summed E-state index contributed by atoms with van der Waals surface area (Å²) in [5.41, 5.74) is 2.33. The Morgan fingerprint density at radius 3 is 2.75 bits per heavy atom. The van der Waals surface area contributed by atoms with E-state index in [1.807, 2.05) is 36.4 Å². The van der Waals surface area contributed by atoms with Crippen molar-refractivity contribution in [2.45, 2.75) is 11.9 Å². The second-order valence-corrected chi connectivity index (χ2v) is 6.67. The number of hydrogen-bond acceptors (Lipinski definition) is 5. The Labute approximate surface area is 146 Å². The van der Waals surface area contributed by atoms with Crippen LogP contribution in [-0.2, 0) is 4.74 Å². The zero-order valence-corrected chi connectivity index (χ0v) is 14.5. The molecule has 1 aliphatic rings. The third kappa shape index (κ3) is 4.07. The maximum absolute atomic E-state index is 12.7. The summed E-state index contributed by atoms with van der Waals surface area (Å²) in [5, 5.41) is 3.90. The van der Waals surface area contributed by atoms with Gasteiger partial charge in [0.25, 0.3) is 5.91 Å². The van der Waals surface area contributed by atoms with Crippen molar-refractivity contribution in [3.05, 3.63) is 48.2 Å². The molecule has 0 unspecified atom stereocenters. The number of pyridine rings is 1. The van der Waals surface area contributed by atoms with Gasteiger partial charge in [0.15, 0.2) is 0 Å². The standard InChI is InChI=1S/C18H21N3O2S/c1-2-24-17-8-7-14(13-19-17)20-18(22)15-5-3-4-6-16(15)21-9-11-23-12-10-21/h3-8,13H,2,9-12H2,1H3,(H,20,22). The monoisotopic (exact) mass is 343 g/mol. The first-order chi connectivity index (χ1) is 11.8. The molecule has 0 saturated carbocycles. The molecule has 3 rings (SSSR count). The molecule has 126 valence electrons. The first-order valence-electron chi connectivity index (χ1n) is 8.10. The lowest BCUT2D eigenvalue weighted by Crippen LogP contribution is -2.37. The number of carbonyl (C=O) groups is 1. The second kappa shape index (κ2) is 8.17. The molecule has 5 nitrogen and oxygen atoms in total. The topological polar surface area (TPSA) is 54.5 Å². The van der Waals surface area contributed by atoms with Crippen molar-refractivity contribution in [3.8, 4) is 0 Å². The average Bonchev–Trinajstić information content (AvgIpc) is 2.64. The van der Waals surface area contributed by atoms with Gasteiger partial charge in [0.2, 0.25) is 0 Å². The van der Waals surface area contributed by atoms with Crippen LogP contribution in [0.3, 0.4) is 0 Å². The summed E-state index contributed by atoms with van der Waals surface area (Å²) >= 11 is 1.68. The lowest BCUT2D eigenvalue weighted by Gasteiger charge is -2.30. The number of carbonyl (C=O) groups excluding carboxylic acids is 1. The highest BCUT2D eigenvalue weighted by molar-refractivity contribution is 7.99. The molecule has 0 aliphatic carbocycles. The Morgan fingerprint density at radius 2 is 2.04 bits per heavy atom. The molecule has 2 aromatic rings. The van der Waals surface area contributed by atoms with Gasteiger partial charge >= 0.3 is 0 Å². The summed E-state index contributed by atoms with van der Waals surface area (Å²) in [7, 11) is 0. The normalized spacial score (nSPS) is 14.5. The van der Waals surface area contributed by atoms with Crippen LogP contribution in [0.15, 0.2) is 47.6 Å². The van der Waals surface area contributed by atoms with Crippen molar-refractivity contribution >= 4 is 29.0 Å². The van der Waals surface area contributed by atoms with Crippen molar-refractivity contribution in [3.63, 3.8) is 0 Å². The number of rotatable bonds is 5. The molecule has 0 radical (unpaired) electrons. The SMILES string of the molecule is CCSc1ccc(NC(=O)c2ccccc2N2CCOCC2)cn1. The minimum absolute atomic E-state index is 0.116. The van der Waals surface area contributed by atoms with E-state index in [-0.39, 0.29) is 5.91 Å². The fourth-order valence-electron chi connectivity index (χ4n) is 2.63. The summed E-state index contributed by atoms with van der Waals surface area (Å²) in [4.78, 5) is 19.2. The average molecular weight is 343 g/mol. The van der Waals surface area contributed by atoms with E-state index in [1.54, 1.807) is 18.0 Å². The van der Waals surface area contributed by atoms with E-state index in [0.717, 1.165) is 29.6 Å². The maximum Gasteiger partial charge on any atom is 0.257 e. The molecule has 1 N–H and O–H groups in total. The van der Waals surface area contributed by atoms with Crippen LogP contribution in [0, 0.1) is 0 Å². The number of aromatic nitrogens is 1. The quantitative estimate of drug-likeness (QED) is 0.845. The number of para-hydroxylation sites is 1. The van der Waals surface area contributed by atoms with Crippen LogP contribution in [0.5, 0.6) is 0 Å². The summed E-state index contributed by atoms with van der Waals surface area (Å²) in [6.07, 6.45) is 1.70.